The Morgan fingerprint density at radius 1 is 0.280 bits per heavy atom. The second-order valence-corrected chi connectivity index (χ2v) is 21.3. The Morgan fingerprint density at radius 2 is 0.547 bits per heavy atom. The average Bonchev–Trinajstić information content (AvgIpc) is 3.41. The molecule has 0 saturated heterocycles. The first kappa shape index (κ1) is 71.6. The van der Waals surface area contributed by atoms with Crippen molar-refractivity contribution in [2.45, 2.75) is 322 Å². The first-order valence-corrected chi connectivity index (χ1v) is 32.1. The van der Waals surface area contributed by atoms with Crippen LogP contribution in [0.5, 0.6) is 0 Å². The van der Waals surface area contributed by atoms with Crippen molar-refractivity contribution in [1.29, 1.82) is 0 Å². The third-order valence-electron chi connectivity index (χ3n) is 13.8. The average molecular weight is 1050 g/mol. The first-order chi connectivity index (χ1) is 37.0. The van der Waals surface area contributed by atoms with Crippen LogP contribution >= 0.6 is 0 Å². The predicted molar refractivity (Wildman–Crippen MR) is 325 cm³/mol. The molecule has 0 amide bonds. The van der Waals surface area contributed by atoms with Crippen LogP contribution < -0.4 is 0 Å². The molecule has 0 rings (SSSR count). The second kappa shape index (κ2) is 63.1. The smallest absolute Gasteiger partial charge is 0.306 e. The summed E-state index contributed by atoms with van der Waals surface area (Å²) in [6.07, 6.45) is 83.4. The molecule has 0 fully saturated rings. The maximum atomic E-state index is 12.8. The Bertz CT molecular complexity index is 1430. The molecule has 6 nitrogen and oxygen atoms in total. The van der Waals surface area contributed by atoms with Crippen molar-refractivity contribution in [1.82, 2.24) is 0 Å². The first-order valence-electron chi connectivity index (χ1n) is 32.1. The number of esters is 3. The van der Waals surface area contributed by atoms with E-state index in [0.29, 0.717) is 19.3 Å². The van der Waals surface area contributed by atoms with Crippen LogP contribution in [0.25, 0.3) is 0 Å². The lowest BCUT2D eigenvalue weighted by Crippen LogP contribution is -2.30. The third kappa shape index (κ3) is 61.3. The molecule has 0 heterocycles. The lowest BCUT2D eigenvalue weighted by Gasteiger charge is -2.18. The van der Waals surface area contributed by atoms with Gasteiger partial charge in [0, 0.05) is 19.3 Å². The minimum Gasteiger partial charge on any atom is -0.462 e. The van der Waals surface area contributed by atoms with E-state index in [1.807, 2.05) is 0 Å². The fraction of sp³-hybridized carbons (Fsp3) is 0.754. The van der Waals surface area contributed by atoms with Crippen molar-refractivity contribution in [3.63, 3.8) is 0 Å². The van der Waals surface area contributed by atoms with Crippen LogP contribution in [-0.4, -0.2) is 37.2 Å². The fourth-order valence-corrected chi connectivity index (χ4v) is 9.06. The van der Waals surface area contributed by atoms with Gasteiger partial charge < -0.3 is 14.2 Å². The maximum Gasteiger partial charge on any atom is 0.306 e. The van der Waals surface area contributed by atoms with Gasteiger partial charge in [0.25, 0.3) is 0 Å². The van der Waals surface area contributed by atoms with Crippen LogP contribution in [0, 0.1) is 0 Å². The van der Waals surface area contributed by atoms with Gasteiger partial charge in [-0.3, -0.25) is 14.4 Å². The third-order valence-corrected chi connectivity index (χ3v) is 13.8. The quantitative estimate of drug-likeness (QED) is 0.0261. The predicted octanol–water partition coefficient (Wildman–Crippen LogP) is 21.9. The summed E-state index contributed by atoms with van der Waals surface area (Å²) in [5.41, 5.74) is 0. The Balaban J connectivity index is 4.00. The molecule has 1 unspecified atom stereocenters. The largest absolute Gasteiger partial charge is 0.462 e. The molecule has 0 N–H and O–H groups in total. The zero-order valence-corrected chi connectivity index (χ0v) is 49.6. The van der Waals surface area contributed by atoms with Gasteiger partial charge >= 0.3 is 17.9 Å². The molecular formula is C69H120O6. The van der Waals surface area contributed by atoms with Gasteiger partial charge in [0.1, 0.15) is 13.2 Å². The van der Waals surface area contributed by atoms with E-state index >= 15 is 0 Å². The van der Waals surface area contributed by atoms with Crippen LogP contribution in [0.2, 0.25) is 0 Å². The summed E-state index contributed by atoms with van der Waals surface area (Å²) in [7, 11) is 0. The molecule has 0 bridgehead atoms. The number of allylic oxidation sites excluding steroid dienone is 14. The van der Waals surface area contributed by atoms with Crippen molar-refractivity contribution in [2.75, 3.05) is 13.2 Å². The van der Waals surface area contributed by atoms with Gasteiger partial charge in [0.15, 0.2) is 6.10 Å². The summed E-state index contributed by atoms with van der Waals surface area (Å²) in [6, 6.07) is 0. The topological polar surface area (TPSA) is 78.9 Å². The van der Waals surface area contributed by atoms with Crippen LogP contribution in [0.3, 0.4) is 0 Å². The van der Waals surface area contributed by atoms with Crippen molar-refractivity contribution in [3.8, 4) is 0 Å². The van der Waals surface area contributed by atoms with E-state index in [9.17, 15) is 14.4 Å². The van der Waals surface area contributed by atoms with Crippen molar-refractivity contribution in [2.24, 2.45) is 0 Å². The molecule has 0 radical (unpaired) electrons. The minimum absolute atomic E-state index is 0.0785. The summed E-state index contributed by atoms with van der Waals surface area (Å²) < 4.78 is 16.8. The van der Waals surface area contributed by atoms with Crippen LogP contribution in [0.15, 0.2) is 85.1 Å². The number of unbranched alkanes of at least 4 members (excludes halogenated alkanes) is 33. The molecule has 0 aliphatic rings. The molecule has 0 saturated carbocycles. The highest BCUT2D eigenvalue weighted by Gasteiger charge is 2.19. The second-order valence-electron chi connectivity index (χ2n) is 21.3. The lowest BCUT2D eigenvalue weighted by atomic mass is 10.0. The van der Waals surface area contributed by atoms with E-state index in [2.05, 4.69) is 106 Å². The van der Waals surface area contributed by atoms with Gasteiger partial charge in [-0.2, -0.15) is 0 Å². The van der Waals surface area contributed by atoms with Crippen LogP contribution in [0.1, 0.15) is 316 Å². The van der Waals surface area contributed by atoms with Crippen LogP contribution in [0.4, 0.5) is 0 Å². The van der Waals surface area contributed by atoms with Crippen molar-refractivity contribution >= 4 is 17.9 Å². The Labute approximate surface area is 465 Å². The lowest BCUT2D eigenvalue weighted by molar-refractivity contribution is -0.167. The molecule has 0 aromatic rings. The molecule has 0 aromatic heterocycles. The molecule has 1 atom stereocenters. The van der Waals surface area contributed by atoms with Gasteiger partial charge in [0.2, 0.25) is 0 Å². The number of carbonyl (C=O) groups excluding carboxylic acids is 3. The van der Waals surface area contributed by atoms with E-state index in [4.69, 9.17) is 14.2 Å². The number of ether oxygens (including phenoxy) is 3. The molecule has 0 spiro atoms. The highest BCUT2D eigenvalue weighted by molar-refractivity contribution is 5.71. The number of hydrogen-bond acceptors (Lipinski definition) is 6. The van der Waals surface area contributed by atoms with E-state index in [0.717, 1.165) is 116 Å². The van der Waals surface area contributed by atoms with Gasteiger partial charge in [-0.05, 0) is 109 Å². The molecule has 0 aromatic carbocycles. The van der Waals surface area contributed by atoms with Crippen molar-refractivity contribution in [3.05, 3.63) is 85.1 Å². The van der Waals surface area contributed by atoms with Crippen LogP contribution in [-0.2, 0) is 28.6 Å². The molecule has 0 aliphatic heterocycles. The summed E-state index contributed by atoms with van der Waals surface area (Å²) in [5, 5.41) is 0. The maximum absolute atomic E-state index is 12.8. The Morgan fingerprint density at radius 3 is 0.880 bits per heavy atom. The Kier molecular flexibility index (Phi) is 60.3. The molecule has 6 heteroatoms. The summed E-state index contributed by atoms with van der Waals surface area (Å²) >= 11 is 0. The minimum atomic E-state index is -0.780. The summed E-state index contributed by atoms with van der Waals surface area (Å²) in [4.78, 5) is 38.1. The van der Waals surface area contributed by atoms with E-state index in [1.54, 1.807) is 0 Å². The van der Waals surface area contributed by atoms with Gasteiger partial charge in [0.05, 0.1) is 0 Å². The number of hydrogen-bond donors (Lipinski definition) is 0. The normalized spacial score (nSPS) is 12.6. The highest BCUT2D eigenvalue weighted by Crippen LogP contribution is 2.17. The van der Waals surface area contributed by atoms with Crippen molar-refractivity contribution < 1.29 is 28.6 Å². The number of carbonyl (C=O) groups is 3. The SMILES string of the molecule is CC/C=C\C/C=C\C/C=C\C/C=C\C/C=C\CCCCCCCCCCCCCCCCCCCCCC(=O)OCC(COC(=O)CCCCCCC/C=C\CCC)OC(=O)CCCCCCC/C=C\CCCCC. The van der Waals surface area contributed by atoms with Gasteiger partial charge in [-0.1, -0.05) is 273 Å². The molecule has 432 valence electrons. The fourth-order valence-electron chi connectivity index (χ4n) is 9.06. The monoisotopic (exact) mass is 1040 g/mol. The molecule has 0 aliphatic carbocycles. The molecule has 75 heavy (non-hydrogen) atoms. The van der Waals surface area contributed by atoms with Gasteiger partial charge in [-0.25, -0.2) is 0 Å². The van der Waals surface area contributed by atoms with E-state index in [-0.39, 0.29) is 31.1 Å². The standard InChI is InChI=1S/C69H120O6/c1-4-7-10-13-16-19-22-24-25-26-27-28-29-30-31-32-33-34-35-36-37-38-39-40-41-42-43-44-45-46-48-50-53-56-59-62-68(71)74-65-66(64-73-67(70)61-58-55-52-49-21-18-15-12-9-6-3)75-69(72)63-60-57-54-51-47-23-20-17-14-11-8-5-2/h7,10,12,15-17,19-20,24-25,27-28,30-31,66H,4-6,8-9,11,13-14,18,21-23,26,29,32-65H2,1-3H3/b10-7-,15-12-,19-16-,20-17-,25-24-,28-27-,31-30-. The number of rotatable bonds is 58. The molecular weight excluding hydrogens is 925 g/mol. The van der Waals surface area contributed by atoms with E-state index < -0.39 is 6.10 Å². The van der Waals surface area contributed by atoms with Gasteiger partial charge in [-0.15, -0.1) is 0 Å². The highest BCUT2D eigenvalue weighted by atomic mass is 16.6. The summed E-state index contributed by atoms with van der Waals surface area (Å²) in [5.74, 6) is -0.889. The zero-order chi connectivity index (χ0) is 54.3. The summed E-state index contributed by atoms with van der Waals surface area (Å²) in [6.45, 7) is 6.45. The zero-order valence-electron chi connectivity index (χ0n) is 49.6. The Hall–Kier alpha value is -3.41. The van der Waals surface area contributed by atoms with E-state index in [1.165, 1.54) is 161 Å².